The van der Waals surface area contributed by atoms with Gasteiger partial charge >= 0.3 is 5.97 Å². The number of rotatable bonds is 36. The van der Waals surface area contributed by atoms with Gasteiger partial charge in [-0.25, -0.2) is 4.79 Å². The summed E-state index contributed by atoms with van der Waals surface area (Å²) < 4.78 is 77.4. The number of esters is 1. The smallest absolute Gasteiger partial charge is 0.336 e. The molecule has 0 aromatic heterocycles. The standard InChI is InChI=1S/C41H59NO15/c1-33(41(43)47-5)32-57-37-8-6-35(7-9-37)36(31-42)28-34-29-38(54-25-22-51-19-16-48-13-10-44-2)40(56-27-24-53-21-18-50-15-12-46-4)39(30-34)55-26-23-52-20-17-49-14-11-45-3/h6-9,28-30H,1,10-27,32H2,2-5H3/b36-28+. The van der Waals surface area contributed by atoms with Gasteiger partial charge in [0.2, 0.25) is 5.75 Å². The Morgan fingerprint density at radius 3 is 1.39 bits per heavy atom. The molecule has 0 amide bonds. The van der Waals surface area contributed by atoms with E-state index in [4.69, 9.17) is 61.6 Å². The van der Waals surface area contributed by atoms with Crippen LogP contribution in [-0.2, 0) is 52.2 Å². The maximum Gasteiger partial charge on any atom is 0.336 e. The van der Waals surface area contributed by atoms with Crippen LogP contribution in [-0.4, -0.2) is 160 Å². The molecule has 2 rings (SSSR count). The van der Waals surface area contributed by atoms with Gasteiger partial charge in [-0.15, -0.1) is 0 Å². The molecule has 0 aliphatic carbocycles. The third-order valence-corrected chi connectivity index (χ3v) is 7.38. The van der Waals surface area contributed by atoms with Gasteiger partial charge in [-0.3, -0.25) is 0 Å². The molecule has 2 aromatic carbocycles. The maximum absolute atomic E-state index is 11.7. The van der Waals surface area contributed by atoms with E-state index in [1.54, 1.807) is 63.8 Å². The zero-order valence-electron chi connectivity index (χ0n) is 33.8. The highest BCUT2D eigenvalue weighted by atomic mass is 16.6. The third kappa shape index (κ3) is 22.3. The van der Waals surface area contributed by atoms with Crippen LogP contribution in [0.1, 0.15) is 11.1 Å². The van der Waals surface area contributed by atoms with E-state index in [1.165, 1.54) is 7.11 Å². The summed E-state index contributed by atoms with van der Waals surface area (Å²) in [5.41, 5.74) is 1.78. The van der Waals surface area contributed by atoms with E-state index >= 15 is 0 Å². The van der Waals surface area contributed by atoms with Crippen molar-refractivity contribution in [1.29, 1.82) is 5.26 Å². The quantitative estimate of drug-likeness (QED) is 0.0318. The highest BCUT2D eigenvalue weighted by molar-refractivity contribution is 5.90. The van der Waals surface area contributed by atoms with Crippen molar-refractivity contribution in [2.24, 2.45) is 0 Å². The summed E-state index contributed by atoms with van der Waals surface area (Å²) in [7, 11) is 6.13. The number of carbonyl (C=O) groups excluding carboxylic acids is 1. The summed E-state index contributed by atoms with van der Waals surface area (Å²) in [6.07, 6.45) is 1.72. The Hall–Kier alpha value is -4.28. The van der Waals surface area contributed by atoms with E-state index < -0.39 is 5.97 Å². The number of benzene rings is 2. The maximum atomic E-state index is 11.7. The number of hydrogen-bond acceptors (Lipinski definition) is 16. The zero-order chi connectivity index (χ0) is 41.2. The topological polar surface area (TPSA) is 170 Å². The summed E-state index contributed by atoms with van der Waals surface area (Å²) in [5, 5.41) is 10.2. The van der Waals surface area contributed by atoms with Gasteiger partial charge in [0.05, 0.1) is 123 Å². The van der Waals surface area contributed by atoms with Crippen LogP contribution in [0.5, 0.6) is 23.0 Å². The third-order valence-electron chi connectivity index (χ3n) is 7.38. The summed E-state index contributed by atoms with van der Waals surface area (Å²) >= 11 is 0. The summed E-state index contributed by atoms with van der Waals surface area (Å²) in [6, 6.07) is 12.7. The van der Waals surface area contributed by atoms with Crippen LogP contribution in [0.15, 0.2) is 48.6 Å². The molecule has 0 bridgehead atoms. The normalized spacial score (nSPS) is 11.2. The highest BCUT2D eigenvalue weighted by Crippen LogP contribution is 2.40. The average molecular weight is 806 g/mol. The number of nitrogens with zero attached hydrogens (tertiary/aromatic N) is 1. The van der Waals surface area contributed by atoms with Gasteiger partial charge in [-0.2, -0.15) is 5.26 Å². The van der Waals surface area contributed by atoms with Crippen LogP contribution < -0.4 is 18.9 Å². The Bertz CT molecular complexity index is 1400. The van der Waals surface area contributed by atoms with E-state index in [9.17, 15) is 10.1 Å². The summed E-state index contributed by atoms with van der Waals surface area (Å²) in [4.78, 5) is 11.7. The van der Waals surface area contributed by atoms with Crippen LogP contribution in [0, 0.1) is 11.3 Å². The van der Waals surface area contributed by atoms with Crippen molar-refractivity contribution >= 4 is 17.6 Å². The van der Waals surface area contributed by atoms with E-state index in [0.717, 1.165) is 0 Å². The fourth-order valence-electron chi connectivity index (χ4n) is 4.50. The second kappa shape index (κ2) is 32.8. The second-order valence-electron chi connectivity index (χ2n) is 11.6. The molecular weight excluding hydrogens is 746 g/mol. The van der Waals surface area contributed by atoms with Crippen molar-refractivity contribution < 1.29 is 71.1 Å². The lowest BCUT2D eigenvalue weighted by Gasteiger charge is -2.19. The molecule has 2 aromatic rings. The van der Waals surface area contributed by atoms with Crippen LogP contribution in [0.4, 0.5) is 0 Å². The molecule has 16 nitrogen and oxygen atoms in total. The fraction of sp³-hybridized carbons (Fsp3) is 0.561. The lowest BCUT2D eigenvalue weighted by atomic mass is 10.0. The first-order valence-corrected chi connectivity index (χ1v) is 18.6. The first kappa shape index (κ1) is 48.9. The molecule has 0 saturated carbocycles. The molecule has 0 aliphatic rings. The minimum Gasteiger partial charge on any atom is -0.489 e. The zero-order valence-corrected chi connectivity index (χ0v) is 33.8. The van der Waals surface area contributed by atoms with E-state index in [-0.39, 0.29) is 51.8 Å². The minimum absolute atomic E-state index is 0.0389. The highest BCUT2D eigenvalue weighted by Gasteiger charge is 2.17. The fourth-order valence-corrected chi connectivity index (χ4v) is 4.50. The number of methoxy groups -OCH3 is 4. The van der Waals surface area contributed by atoms with Crippen LogP contribution >= 0.6 is 0 Å². The average Bonchev–Trinajstić information content (AvgIpc) is 3.23. The minimum atomic E-state index is -0.552. The summed E-state index contributed by atoms with van der Waals surface area (Å²) in [5.74, 6) is 1.04. The van der Waals surface area contributed by atoms with E-state index in [0.29, 0.717) is 119 Å². The molecule has 318 valence electrons. The SMILES string of the molecule is C=C(COc1ccc(/C(C#N)=C/c2cc(OCCOCCOCCOC)c(OCCOCCOCCOC)c(OCCOCCOCCOC)c2)cc1)C(=O)OC. The lowest BCUT2D eigenvalue weighted by molar-refractivity contribution is -0.136. The number of nitriles is 1. The number of carbonyl (C=O) groups is 1. The summed E-state index contributed by atoms with van der Waals surface area (Å²) in [6.45, 7) is 10.4. The Kier molecular flexibility index (Phi) is 28.1. The van der Waals surface area contributed by atoms with Gasteiger partial charge in [0.15, 0.2) is 11.5 Å². The van der Waals surface area contributed by atoms with Crippen molar-refractivity contribution in [1.82, 2.24) is 0 Å². The molecular formula is C41H59NO15. The number of hydrogen-bond donors (Lipinski definition) is 0. The van der Waals surface area contributed by atoms with E-state index in [1.807, 2.05) is 0 Å². The lowest BCUT2D eigenvalue weighted by Crippen LogP contribution is -2.15. The predicted octanol–water partition coefficient (Wildman–Crippen LogP) is 4.03. The molecule has 0 aliphatic heterocycles. The van der Waals surface area contributed by atoms with Gasteiger partial charge in [0.25, 0.3) is 0 Å². The number of allylic oxidation sites excluding steroid dienone is 1. The Balaban J connectivity index is 2.28. The van der Waals surface area contributed by atoms with Gasteiger partial charge in [-0.1, -0.05) is 6.58 Å². The molecule has 57 heavy (non-hydrogen) atoms. The first-order valence-electron chi connectivity index (χ1n) is 18.6. The molecule has 0 heterocycles. The second-order valence-corrected chi connectivity index (χ2v) is 11.6. The molecule has 0 saturated heterocycles. The van der Waals surface area contributed by atoms with Crippen molar-refractivity contribution in [2.75, 3.05) is 154 Å². The van der Waals surface area contributed by atoms with Crippen LogP contribution in [0.2, 0.25) is 0 Å². The Morgan fingerprint density at radius 1 is 0.579 bits per heavy atom. The Labute approximate surface area is 336 Å². The van der Waals surface area contributed by atoms with Crippen molar-refractivity contribution in [3.05, 3.63) is 59.7 Å². The monoisotopic (exact) mass is 805 g/mol. The van der Waals surface area contributed by atoms with Crippen LogP contribution in [0.25, 0.3) is 11.6 Å². The number of ether oxygens (including phenoxy) is 14. The largest absolute Gasteiger partial charge is 0.489 e. The van der Waals surface area contributed by atoms with Gasteiger partial charge in [0.1, 0.15) is 32.2 Å². The van der Waals surface area contributed by atoms with Crippen LogP contribution in [0.3, 0.4) is 0 Å². The molecule has 0 atom stereocenters. The van der Waals surface area contributed by atoms with Gasteiger partial charge in [-0.05, 0) is 53.6 Å². The molecule has 0 fully saturated rings. The van der Waals surface area contributed by atoms with Gasteiger partial charge in [0, 0.05) is 21.3 Å². The van der Waals surface area contributed by atoms with E-state index in [2.05, 4.69) is 17.4 Å². The molecule has 0 radical (unpaired) electrons. The van der Waals surface area contributed by atoms with Crippen molar-refractivity contribution in [2.45, 2.75) is 0 Å². The molecule has 0 N–H and O–H groups in total. The Morgan fingerprint density at radius 2 is 0.982 bits per heavy atom. The molecule has 0 unspecified atom stereocenters. The van der Waals surface area contributed by atoms with Crippen molar-refractivity contribution in [3.8, 4) is 29.1 Å². The predicted molar refractivity (Wildman–Crippen MR) is 210 cm³/mol. The van der Waals surface area contributed by atoms with Gasteiger partial charge < -0.3 is 66.3 Å². The van der Waals surface area contributed by atoms with Crippen molar-refractivity contribution in [3.63, 3.8) is 0 Å². The molecule has 16 heteroatoms. The molecule has 0 spiro atoms. The first-order chi connectivity index (χ1) is 28.0.